The van der Waals surface area contributed by atoms with E-state index >= 15 is 0 Å². The second-order valence-corrected chi connectivity index (χ2v) is 3.69. The molecule has 1 heterocycles. The zero-order valence-corrected chi connectivity index (χ0v) is 7.20. The Morgan fingerprint density at radius 2 is 2.00 bits per heavy atom. The first-order valence-electron chi connectivity index (χ1n) is 3.46. The van der Waals surface area contributed by atoms with Gasteiger partial charge in [-0.25, -0.2) is 4.98 Å². The fourth-order valence-corrected chi connectivity index (χ4v) is 1.66. The minimum Gasteiger partial charge on any atom is -0.235 e. The number of nitrogens with zero attached hydrogens (tertiary/aromatic N) is 2. The van der Waals surface area contributed by atoms with Crippen LogP contribution in [0.15, 0.2) is 30.6 Å². The average molecular weight is 200 g/mol. The van der Waals surface area contributed by atoms with Gasteiger partial charge in [0.05, 0.1) is 11.0 Å². The van der Waals surface area contributed by atoms with Crippen LogP contribution in [0.1, 0.15) is 0 Å². The highest BCUT2D eigenvalue weighted by Crippen LogP contribution is 2.14. The summed E-state index contributed by atoms with van der Waals surface area (Å²) in [7, 11) is -4.73. The number of imidazole rings is 1. The van der Waals surface area contributed by atoms with E-state index < -0.39 is 10.4 Å². The molecule has 0 unspecified atom stereocenters. The van der Waals surface area contributed by atoms with E-state index in [4.69, 9.17) is 0 Å². The molecule has 0 radical (unpaired) electrons. The number of aromatic nitrogens is 2. The molecular weight excluding hydrogens is 195 g/mol. The highest BCUT2D eigenvalue weighted by molar-refractivity contribution is 7.85. The molecule has 0 aliphatic rings. The summed E-state index contributed by atoms with van der Waals surface area (Å²) in [6, 6.07) is 6.41. The monoisotopic (exact) mass is 200 g/mol. The molecule has 1 aromatic heterocycles. The second kappa shape index (κ2) is 2.53. The van der Waals surface area contributed by atoms with Gasteiger partial charge in [0.1, 0.15) is 6.33 Å². The van der Waals surface area contributed by atoms with Crippen molar-refractivity contribution in [1.82, 2.24) is 8.96 Å². The first-order valence-corrected chi connectivity index (χ1v) is 4.80. The van der Waals surface area contributed by atoms with Crippen LogP contribution in [0.4, 0.5) is 3.89 Å². The maximum absolute atomic E-state index is 12.6. The summed E-state index contributed by atoms with van der Waals surface area (Å²) in [5.74, 6) is 0. The molecule has 0 bridgehead atoms. The zero-order chi connectivity index (χ0) is 9.47. The standard InChI is InChI=1S/C7H5FN2O2S/c8-13(11,12)10-5-9-6-3-1-2-4-7(6)10/h1-5H. The maximum Gasteiger partial charge on any atom is 0.404 e. The SMILES string of the molecule is O=S(=O)(F)n1cnc2ccccc21. The van der Waals surface area contributed by atoms with Gasteiger partial charge in [-0.2, -0.15) is 12.4 Å². The predicted molar refractivity (Wildman–Crippen MR) is 45.2 cm³/mol. The molecule has 0 spiro atoms. The molecule has 0 aliphatic carbocycles. The van der Waals surface area contributed by atoms with Gasteiger partial charge in [0.2, 0.25) is 0 Å². The molecule has 4 nitrogen and oxygen atoms in total. The van der Waals surface area contributed by atoms with Crippen molar-refractivity contribution in [2.24, 2.45) is 0 Å². The Morgan fingerprint density at radius 3 is 2.69 bits per heavy atom. The van der Waals surface area contributed by atoms with Crippen LogP contribution in [-0.4, -0.2) is 17.4 Å². The average Bonchev–Trinajstić information content (AvgIpc) is 2.45. The van der Waals surface area contributed by atoms with Gasteiger partial charge in [-0.05, 0) is 12.1 Å². The molecule has 13 heavy (non-hydrogen) atoms. The molecule has 1 aromatic carbocycles. The third kappa shape index (κ3) is 1.29. The first-order chi connectivity index (χ1) is 6.09. The molecule has 0 saturated heterocycles. The van der Waals surface area contributed by atoms with Crippen LogP contribution in [0.3, 0.4) is 0 Å². The van der Waals surface area contributed by atoms with Gasteiger partial charge in [0, 0.05) is 0 Å². The highest BCUT2D eigenvalue weighted by atomic mass is 32.3. The number of rotatable bonds is 1. The Balaban J connectivity index is 2.87. The molecule has 0 N–H and O–H groups in total. The van der Waals surface area contributed by atoms with E-state index in [1.807, 2.05) is 0 Å². The fourth-order valence-electron chi connectivity index (χ4n) is 1.11. The summed E-state index contributed by atoms with van der Waals surface area (Å²) in [6.45, 7) is 0. The third-order valence-electron chi connectivity index (χ3n) is 1.66. The van der Waals surface area contributed by atoms with Crippen LogP contribution in [0.5, 0.6) is 0 Å². The van der Waals surface area contributed by atoms with Gasteiger partial charge in [-0.15, -0.1) is 0 Å². The number of hydrogen-bond donors (Lipinski definition) is 0. The number of para-hydroxylation sites is 2. The molecule has 0 saturated carbocycles. The molecule has 0 aliphatic heterocycles. The molecule has 6 heteroatoms. The molecule has 2 rings (SSSR count). The van der Waals surface area contributed by atoms with E-state index in [1.165, 1.54) is 6.07 Å². The van der Waals surface area contributed by atoms with E-state index in [-0.39, 0.29) is 5.52 Å². The van der Waals surface area contributed by atoms with Crippen molar-refractivity contribution in [2.75, 3.05) is 0 Å². The van der Waals surface area contributed by atoms with Gasteiger partial charge >= 0.3 is 10.4 Å². The van der Waals surface area contributed by atoms with Crippen molar-refractivity contribution in [3.63, 3.8) is 0 Å². The van der Waals surface area contributed by atoms with Crippen LogP contribution in [-0.2, 0) is 10.4 Å². The quantitative estimate of drug-likeness (QED) is 0.647. The third-order valence-corrected chi connectivity index (χ3v) is 2.42. The summed E-state index contributed by atoms with van der Waals surface area (Å²) >= 11 is 0. The summed E-state index contributed by atoms with van der Waals surface area (Å²) in [5.41, 5.74) is 0.689. The van der Waals surface area contributed by atoms with Crippen molar-refractivity contribution in [3.8, 4) is 0 Å². The Morgan fingerprint density at radius 1 is 1.31 bits per heavy atom. The van der Waals surface area contributed by atoms with Crippen molar-refractivity contribution in [1.29, 1.82) is 0 Å². The van der Waals surface area contributed by atoms with E-state index in [1.54, 1.807) is 18.2 Å². The van der Waals surface area contributed by atoms with E-state index in [0.29, 0.717) is 9.49 Å². The lowest BCUT2D eigenvalue weighted by atomic mass is 10.3. The molecule has 68 valence electrons. The van der Waals surface area contributed by atoms with E-state index in [0.717, 1.165) is 6.33 Å². The van der Waals surface area contributed by atoms with Crippen molar-refractivity contribution >= 4 is 21.4 Å². The smallest absolute Gasteiger partial charge is 0.235 e. The summed E-state index contributed by atoms with van der Waals surface area (Å²) < 4.78 is 34.2. The summed E-state index contributed by atoms with van der Waals surface area (Å²) in [5, 5.41) is 0. The largest absolute Gasteiger partial charge is 0.404 e. The highest BCUT2D eigenvalue weighted by Gasteiger charge is 2.13. The van der Waals surface area contributed by atoms with Crippen molar-refractivity contribution in [2.45, 2.75) is 0 Å². The van der Waals surface area contributed by atoms with Crippen LogP contribution < -0.4 is 0 Å². The fraction of sp³-hybridized carbons (Fsp3) is 0. The van der Waals surface area contributed by atoms with Gasteiger partial charge in [-0.3, -0.25) is 0 Å². The summed E-state index contributed by atoms with van der Waals surface area (Å²) in [4.78, 5) is 3.73. The normalized spacial score (nSPS) is 12.1. The number of halogens is 1. The minimum absolute atomic E-state index is 0.241. The van der Waals surface area contributed by atoms with Crippen LogP contribution in [0, 0.1) is 0 Å². The van der Waals surface area contributed by atoms with Crippen LogP contribution in [0.25, 0.3) is 11.0 Å². The minimum atomic E-state index is -4.73. The Labute approximate surface area is 74.0 Å². The number of fused-ring (bicyclic) bond motifs is 1. The van der Waals surface area contributed by atoms with Gasteiger partial charge in [-0.1, -0.05) is 16.0 Å². The van der Waals surface area contributed by atoms with Crippen LogP contribution in [0.2, 0.25) is 0 Å². The Kier molecular flexibility index (Phi) is 1.59. The number of hydrogen-bond acceptors (Lipinski definition) is 3. The predicted octanol–water partition coefficient (Wildman–Crippen LogP) is 1.10. The second-order valence-electron chi connectivity index (χ2n) is 2.47. The topological polar surface area (TPSA) is 52.0 Å². The van der Waals surface area contributed by atoms with E-state index in [9.17, 15) is 12.3 Å². The summed E-state index contributed by atoms with van der Waals surface area (Å²) in [6.07, 6.45) is 0.944. The lowest BCUT2D eigenvalue weighted by Crippen LogP contribution is -2.03. The van der Waals surface area contributed by atoms with E-state index in [2.05, 4.69) is 4.98 Å². The molecule has 0 amide bonds. The molecular formula is C7H5FN2O2S. The number of benzene rings is 1. The maximum atomic E-state index is 12.6. The van der Waals surface area contributed by atoms with Gasteiger partial charge in [0.25, 0.3) is 0 Å². The Hall–Kier alpha value is -1.43. The Bertz CT molecular complexity index is 546. The lowest BCUT2D eigenvalue weighted by Gasteiger charge is -1.94. The molecule has 2 aromatic rings. The lowest BCUT2D eigenvalue weighted by molar-refractivity contribution is 0.543. The molecule has 0 atom stereocenters. The van der Waals surface area contributed by atoms with Crippen molar-refractivity contribution in [3.05, 3.63) is 30.6 Å². The van der Waals surface area contributed by atoms with Crippen molar-refractivity contribution < 1.29 is 12.3 Å². The first kappa shape index (κ1) is 8.18. The zero-order valence-electron chi connectivity index (χ0n) is 6.38. The van der Waals surface area contributed by atoms with Gasteiger partial charge < -0.3 is 0 Å². The molecule has 0 fully saturated rings. The van der Waals surface area contributed by atoms with Crippen LogP contribution >= 0.6 is 0 Å². The van der Waals surface area contributed by atoms with Gasteiger partial charge in [0.15, 0.2) is 0 Å².